The van der Waals surface area contributed by atoms with Crippen LogP contribution in [0.4, 0.5) is 0 Å². The molecule has 1 unspecified atom stereocenters. The molecule has 0 N–H and O–H groups in total. The molecule has 234 valence electrons. The normalized spacial score (nSPS) is 13.9. The smallest absolute Gasteiger partial charge is 0.160 e. The molecule has 2 heteroatoms. The number of fused-ring (bicyclic) bond motifs is 3. The Bertz CT molecular complexity index is 2400. The summed E-state index contributed by atoms with van der Waals surface area (Å²) >= 11 is 0. The van der Waals surface area contributed by atoms with Crippen LogP contribution in [0.25, 0.3) is 73.9 Å². The van der Waals surface area contributed by atoms with Gasteiger partial charge in [0.05, 0.1) is 5.69 Å². The highest BCUT2D eigenvalue weighted by atomic mass is 14.9. The molecule has 1 heterocycles. The second kappa shape index (κ2) is 13.2. The van der Waals surface area contributed by atoms with Crippen molar-refractivity contribution >= 4 is 29.0 Å². The molecule has 0 saturated heterocycles. The maximum Gasteiger partial charge on any atom is 0.160 e. The Labute approximate surface area is 288 Å². The first-order valence-electron chi connectivity index (χ1n) is 16.9. The molecule has 1 aromatic heterocycles. The van der Waals surface area contributed by atoms with Gasteiger partial charge in [-0.2, -0.15) is 0 Å². The van der Waals surface area contributed by atoms with Crippen LogP contribution in [0.2, 0.25) is 0 Å². The Hall–Kier alpha value is -6.12. The Kier molecular flexibility index (Phi) is 8.13. The molecule has 0 saturated carbocycles. The molecule has 7 aromatic rings. The third-order valence-electron chi connectivity index (χ3n) is 9.62. The minimum absolute atomic E-state index is 0.254. The third kappa shape index (κ3) is 5.72. The predicted octanol–water partition coefficient (Wildman–Crippen LogP) is 12.3. The van der Waals surface area contributed by atoms with Gasteiger partial charge in [-0.1, -0.05) is 158 Å². The van der Waals surface area contributed by atoms with Crippen LogP contribution in [0.15, 0.2) is 158 Å². The van der Waals surface area contributed by atoms with Gasteiger partial charge in [0.1, 0.15) is 0 Å². The van der Waals surface area contributed by atoms with Gasteiger partial charge in [-0.25, -0.2) is 9.97 Å². The molecular weight excluding hydrogens is 593 g/mol. The zero-order valence-corrected chi connectivity index (χ0v) is 27.6. The average Bonchev–Trinajstić information content (AvgIpc) is 3.18. The number of rotatable bonds is 7. The Balaban J connectivity index is 1.15. The third-order valence-corrected chi connectivity index (χ3v) is 9.62. The van der Waals surface area contributed by atoms with Gasteiger partial charge in [-0.15, -0.1) is 0 Å². The first-order chi connectivity index (χ1) is 24.2. The Morgan fingerprint density at radius 2 is 1.37 bits per heavy atom. The minimum Gasteiger partial charge on any atom is -0.237 e. The van der Waals surface area contributed by atoms with E-state index in [2.05, 4.69) is 159 Å². The van der Waals surface area contributed by atoms with Gasteiger partial charge in [-0.05, 0) is 86.3 Å². The topological polar surface area (TPSA) is 25.8 Å². The van der Waals surface area contributed by atoms with E-state index < -0.39 is 0 Å². The summed E-state index contributed by atoms with van der Waals surface area (Å²) in [5.74, 6) is 0.972. The van der Waals surface area contributed by atoms with E-state index in [9.17, 15) is 0 Å². The van der Waals surface area contributed by atoms with Crippen molar-refractivity contribution in [3.63, 3.8) is 0 Å². The molecule has 0 bridgehead atoms. The summed E-state index contributed by atoms with van der Waals surface area (Å²) in [6, 6.07) is 47.3. The van der Waals surface area contributed by atoms with Crippen LogP contribution in [0, 0.1) is 0 Å². The van der Waals surface area contributed by atoms with Crippen molar-refractivity contribution in [2.75, 3.05) is 0 Å². The van der Waals surface area contributed by atoms with Crippen molar-refractivity contribution in [2.45, 2.75) is 19.3 Å². The van der Waals surface area contributed by atoms with Crippen molar-refractivity contribution in [1.29, 1.82) is 0 Å². The van der Waals surface area contributed by atoms with Crippen molar-refractivity contribution in [3.05, 3.63) is 186 Å². The van der Waals surface area contributed by atoms with Crippen molar-refractivity contribution in [2.24, 2.45) is 0 Å². The molecule has 8 rings (SSSR count). The van der Waals surface area contributed by atoms with Gasteiger partial charge >= 0.3 is 0 Å². The number of aromatic nitrogens is 2. The van der Waals surface area contributed by atoms with E-state index in [0.717, 1.165) is 40.2 Å². The fourth-order valence-electron chi connectivity index (χ4n) is 7.29. The fraction of sp³-hybridized carbons (Fsp3) is 0.0638. The predicted molar refractivity (Wildman–Crippen MR) is 208 cm³/mol. The van der Waals surface area contributed by atoms with Gasteiger partial charge in [-0.3, -0.25) is 0 Å². The van der Waals surface area contributed by atoms with E-state index in [0.29, 0.717) is 0 Å². The molecule has 2 nitrogen and oxygen atoms in total. The largest absolute Gasteiger partial charge is 0.237 e. The maximum absolute atomic E-state index is 5.10. The van der Waals surface area contributed by atoms with Crippen LogP contribution >= 0.6 is 0 Å². The summed E-state index contributed by atoms with van der Waals surface area (Å²) in [6.07, 6.45) is 13.8. The van der Waals surface area contributed by atoms with Gasteiger partial charge in [0.25, 0.3) is 0 Å². The first kappa shape index (κ1) is 30.2. The quantitative estimate of drug-likeness (QED) is 0.175. The highest BCUT2D eigenvalue weighted by molar-refractivity contribution is 6.00. The van der Waals surface area contributed by atoms with Crippen LogP contribution < -0.4 is 0 Å². The van der Waals surface area contributed by atoms with E-state index >= 15 is 0 Å². The summed E-state index contributed by atoms with van der Waals surface area (Å²) in [7, 11) is 0. The summed E-state index contributed by atoms with van der Waals surface area (Å²) in [5.41, 5.74) is 14.0. The molecular formula is C47H36N2. The van der Waals surface area contributed by atoms with Gasteiger partial charge in [0.2, 0.25) is 0 Å². The highest BCUT2D eigenvalue weighted by Crippen LogP contribution is 2.41. The summed E-state index contributed by atoms with van der Waals surface area (Å²) in [6.45, 7) is 6.28. The lowest BCUT2D eigenvalue weighted by Gasteiger charge is -2.25. The van der Waals surface area contributed by atoms with Crippen LogP contribution in [0.1, 0.15) is 40.7 Å². The molecule has 49 heavy (non-hydrogen) atoms. The molecule has 0 radical (unpaired) electrons. The summed E-state index contributed by atoms with van der Waals surface area (Å²) in [5, 5.41) is 2.60. The van der Waals surface area contributed by atoms with E-state index in [1.807, 2.05) is 24.4 Å². The van der Waals surface area contributed by atoms with Gasteiger partial charge in [0.15, 0.2) is 5.82 Å². The van der Waals surface area contributed by atoms with Crippen LogP contribution in [-0.4, -0.2) is 9.97 Å². The van der Waals surface area contributed by atoms with Crippen LogP contribution in [0.5, 0.6) is 0 Å². The van der Waals surface area contributed by atoms with E-state index in [1.165, 1.54) is 49.7 Å². The van der Waals surface area contributed by atoms with Crippen molar-refractivity contribution in [1.82, 2.24) is 9.97 Å². The molecule has 0 spiro atoms. The van der Waals surface area contributed by atoms with Gasteiger partial charge in [0, 0.05) is 23.2 Å². The molecule has 1 aliphatic carbocycles. The number of hydrogen-bond acceptors (Lipinski definition) is 2. The number of benzene rings is 6. The average molecular weight is 629 g/mol. The second-order valence-corrected chi connectivity index (χ2v) is 12.5. The Morgan fingerprint density at radius 1 is 0.653 bits per heavy atom. The van der Waals surface area contributed by atoms with Crippen molar-refractivity contribution in [3.8, 4) is 44.9 Å². The minimum atomic E-state index is 0.254. The number of allylic oxidation sites excluding steroid dienone is 2. The van der Waals surface area contributed by atoms with E-state index in [4.69, 9.17) is 9.97 Å². The maximum atomic E-state index is 5.10. The zero-order chi connectivity index (χ0) is 33.2. The second-order valence-electron chi connectivity index (χ2n) is 12.5. The molecule has 6 aromatic carbocycles. The fourth-order valence-corrected chi connectivity index (χ4v) is 7.29. The standard InChI is InChI=1S/C47H36N2/c1-3-14-40-38(4-2)43-26-25-35(31-45(43)42-23-10-9-22-41(40)42)34-18-12-19-36(29-34)39-21-8-11-24-44(39)47-48-28-27-46(49-47)37-20-13-17-33(30-37)32-15-6-5-7-16-32/h3-30,35H,2,31H2,1H3/b14-3-. The molecule has 0 amide bonds. The molecule has 1 atom stereocenters. The monoisotopic (exact) mass is 628 g/mol. The Morgan fingerprint density at radius 3 is 2.20 bits per heavy atom. The van der Waals surface area contributed by atoms with E-state index in [-0.39, 0.29) is 5.92 Å². The summed E-state index contributed by atoms with van der Waals surface area (Å²) < 4.78 is 0. The van der Waals surface area contributed by atoms with E-state index in [1.54, 1.807) is 0 Å². The molecule has 0 aliphatic heterocycles. The molecule has 0 fully saturated rings. The zero-order valence-electron chi connectivity index (χ0n) is 27.6. The number of hydrogen-bond donors (Lipinski definition) is 0. The highest BCUT2D eigenvalue weighted by Gasteiger charge is 2.22. The first-order valence-corrected chi connectivity index (χ1v) is 16.9. The molecule has 1 aliphatic rings. The van der Waals surface area contributed by atoms with Crippen molar-refractivity contribution < 1.29 is 0 Å². The summed E-state index contributed by atoms with van der Waals surface area (Å²) in [4.78, 5) is 9.87. The van der Waals surface area contributed by atoms with Gasteiger partial charge < -0.3 is 0 Å². The number of nitrogens with zero attached hydrogens (tertiary/aromatic N) is 2. The van der Waals surface area contributed by atoms with Crippen LogP contribution in [0.3, 0.4) is 0 Å². The lowest BCUT2D eigenvalue weighted by atomic mass is 9.79. The van der Waals surface area contributed by atoms with Crippen LogP contribution in [-0.2, 0) is 6.42 Å². The lowest BCUT2D eigenvalue weighted by molar-refractivity contribution is 0.833. The SMILES string of the molecule is C=Cc1c2c(c3ccccc3c1/C=C\C)CC(c1cccc(-c3ccccc3-c3nccc(-c4cccc(-c5ccccc5)c4)n3)c1)C=C2. The lowest BCUT2D eigenvalue weighted by Crippen LogP contribution is -2.09.